The van der Waals surface area contributed by atoms with Crippen LogP contribution in [0.15, 0.2) is 73.3 Å². The molecular formula is C22H26N2O. The summed E-state index contributed by atoms with van der Waals surface area (Å²) in [6.07, 6.45) is 6.43. The summed E-state index contributed by atoms with van der Waals surface area (Å²) in [6.45, 7) is 4.50. The number of carbonyl (C=O) groups excluding carboxylic acids is 1. The number of benzene rings is 2. The van der Waals surface area contributed by atoms with E-state index in [4.69, 9.17) is 0 Å². The van der Waals surface area contributed by atoms with E-state index in [0.29, 0.717) is 12.6 Å². The number of nitrogens with one attached hydrogen (secondary N) is 1. The van der Waals surface area contributed by atoms with Gasteiger partial charge in [-0.2, -0.15) is 0 Å². The van der Waals surface area contributed by atoms with Gasteiger partial charge in [0.25, 0.3) is 0 Å². The number of para-hydroxylation sites is 1. The maximum Gasteiger partial charge on any atom is 0.247 e. The second-order valence-corrected chi connectivity index (χ2v) is 6.58. The van der Waals surface area contributed by atoms with Crippen molar-refractivity contribution in [1.82, 2.24) is 5.32 Å². The summed E-state index contributed by atoms with van der Waals surface area (Å²) in [5, 5.41) is 3.27. The van der Waals surface area contributed by atoms with Gasteiger partial charge in [-0.15, -0.1) is 6.58 Å². The Kier molecular flexibility index (Phi) is 5.89. The van der Waals surface area contributed by atoms with E-state index in [0.717, 1.165) is 24.1 Å². The molecule has 25 heavy (non-hydrogen) atoms. The van der Waals surface area contributed by atoms with Gasteiger partial charge >= 0.3 is 0 Å². The average molecular weight is 334 g/mol. The Labute approximate surface area is 150 Å². The van der Waals surface area contributed by atoms with Crippen LogP contribution in [0.3, 0.4) is 0 Å². The first-order valence-electron chi connectivity index (χ1n) is 9.07. The molecule has 1 N–H and O–H groups in total. The lowest BCUT2D eigenvalue weighted by Gasteiger charge is -2.33. The first kappa shape index (κ1) is 17.3. The van der Waals surface area contributed by atoms with Crippen molar-refractivity contribution in [1.29, 1.82) is 0 Å². The van der Waals surface area contributed by atoms with Crippen LogP contribution in [0.5, 0.6) is 0 Å². The zero-order valence-corrected chi connectivity index (χ0v) is 14.6. The highest BCUT2D eigenvalue weighted by atomic mass is 16.2. The number of hydrogen-bond acceptors (Lipinski definition) is 2. The van der Waals surface area contributed by atoms with Crippen LogP contribution in [-0.2, 0) is 4.79 Å². The van der Waals surface area contributed by atoms with Crippen molar-refractivity contribution in [2.45, 2.75) is 37.8 Å². The summed E-state index contributed by atoms with van der Waals surface area (Å²) in [7, 11) is 0. The largest absolute Gasteiger partial charge is 0.352 e. The Balaban J connectivity index is 1.93. The highest BCUT2D eigenvalue weighted by molar-refractivity contribution is 5.87. The summed E-state index contributed by atoms with van der Waals surface area (Å²) in [5.41, 5.74) is 2.03. The molecule has 0 saturated heterocycles. The molecule has 130 valence electrons. The molecule has 0 aliphatic heterocycles. The summed E-state index contributed by atoms with van der Waals surface area (Å²) < 4.78 is 0. The number of carbonyl (C=O) groups is 1. The molecule has 0 spiro atoms. The fourth-order valence-electron chi connectivity index (χ4n) is 3.58. The zero-order valence-electron chi connectivity index (χ0n) is 14.6. The van der Waals surface area contributed by atoms with E-state index in [9.17, 15) is 4.79 Å². The van der Waals surface area contributed by atoms with Crippen LogP contribution in [0.25, 0.3) is 0 Å². The number of nitrogens with zero attached hydrogens (tertiary/aromatic N) is 1. The maximum absolute atomic E-state index is 13.2. The molecule has 1 atom stereocenters. The first-order chi connectivity index (χ1) is 12.3. The zero-order chi connectivity index (χ0) is 17.5. The lowest BCUT2D eigenvalue weighted by molar-refractivity contribution is -0.123. The van der Waals surface area contributed by atoms with Gasteiger partial charge in [-0.3, -0.25) is 4.79 Å². The third-order valence-corrected chi connectivity index (χ3v) is 4.79. The average Bonchev–Trinajstić information content (AvgIpc) is 3.16. The predicted molar refractivity (Wildman–Crippen MR) is 104 cm³/mol. The van der Waals surface area contributed by atoms with E-state index in [2.05, 4.69) is 16.8 Å². The minimum Gasteiger partial charge on any atom is -0.352 e. The predicted octanol–water partition coefficient (Wildman–Crippen LogP) is 4.48. The van der Waals surface area contributed by atoms with Crippen molar-refractivity contribution in [2.24, 2.45) is 0 Å². The Morgan fingerprint density at radius 3 is 2.28 bits per heavy atom. The highest BCUT2D eigenvalue weighted by Gasteiger charge is 2.29. The topological polar surface area (TPSA) is 32.3 Å². The van der Waals surface area contributed by atoms with Crippen LogP contribution in [0.1, 0.15) is 37.3 Å². The van der Waals surface area contributed by atoms with Gasteiger partial charge in [0.15, 0.2) is 0 Å². The first-order valence-corrected chi connectivity index (χ1v) is 9.07. The van der Waals surface area contributed by atoms with Crippen molar-refractivity contribution in [3.8, 4) is 0 Å². The van der Waals surface area contributed by atoms with Crippen molar-refractivity contribution in [3.63, 3.8) is 0 Å². The molecule has 0 unspecified atom stereocenters. The van der Waals surface area contributed by atoms with Crippen LogP contribution in [-0.4, -0.2) is 18.5 Å². The molecule has 2 aromatic rings. The van der Waals surface area contributed by atoms with Crippen molar-refractivity contribution in [3.05, 3.63) is 78.9 Å². The third-order valence-electron chi connectivity index (χ3n) is 4.79. The Morgan fingerprint density at radius 2 is 1.68 bits per heavy atom. The molecule has 1 saturated carbocycles. The van der Waals surface area contributed by atoms with E-state index >= 15 is 0 Å². The van der Waals surface area contributed by atoms with Crippen LogP contribution in [0.4, 0.5) is 5.69 Å². The Morgan fingerprint density at radius 1 is 1.08 bits per heavy atom. The molecule has 1 aliphatic rings. The fourth-order valence-corrected chi connectivity index (χ4v) is 3.58. The molecule has 0 bridgehead atoms. The van der Waals surface area contributed by atoms with Gasteiger partial charge in [-0.05, 0) is 30.5 Å². The van der Waals surface area contributed by atoms with Crippen LogP contribution >= 0.6 is 0 Å². The van der Waals surface area contributed by atoms with E-state index < -0.39 is 0 Å². The second kappa shape index (κ2) is 8.52. The van der Waals surface area contributed by atoms with Gasteiger partial charge in [0.05, 0.1) is 0 Å². The molecule has 0 radical (unpaired) electrons. The quantitative estimate of drug-likeness (QED) is 0.757. The second-order valence-electron chi connectivity index (χ2n) is 6.58. The van der Waals surface area contributed by atoms with Gasteiger partial charge in [0, 0.05) is 18.3 Å². The molecule has 2 aromatic carbocycles. The Bertz CT molecular complexity index is 678. The van der Waals surface area contributed by atoms with Gasteiger partial charge < -0.3 is 10.2 Å². The third kappa shape index (κ3) is 4.30. The highest BCUT2D eigenvalue weighted by Crippen LogP contribution is 2.28. The molecule has 3 nitrogen and oxygen atoms in total. The fraction of sp³-hybridized carbons (Fsp3) is 0.318. The standard InChI is InChI=1S/C22H26N2O/c1-2-17-24(20-15-7-4-8-16-20)21(18-11-5-3-6-12-18)22(25)23-19-13-9-10-14-19/h2-8,11-12,15-16,19,21H,1,9-10,13-14,17H2,(H,23,25)/t21-/m1/s1. The molecule has 0 heterocycles. The van der Waals surface area contributed by atoms with Crippen molar-refractivity contribution >= 4 is 11.6 Å². The van der Waals surface area contributed by atoms with Crippen LogP contribution < -0.4 is 10.2 Å². The summed E-state index contributed by atoms with van der Waals surface area (Å²) >= 11 is 0. The van der Waals surface area contributed by atoms with Crippen LogP contribution in [0.2, 0.25) is 0 Å². The lowest BCUT2D eigenvalue weighted by Crippen LogP contribution is -2.44. The molecule has 0 aromatic heterocycles. The summed E-state index contributed by atoms with van der Waals surface area (Å²) in [5.74, 6) is 0.0730. The number of anilines is 1. The normalized spacial score (nSPS) is 15.5. The van der Waals surface area contributed by atoms with Gasteiger partial charge in [0.1, 0.15) is 6.04 Å². The molecular weight excluding hydrogens is 308 g/mol. The van der Waals surface area contributed by atoms with Crippen LogP contribution in [0, 0.1) is 0 Å². The summed E-state index contributed by atoms with van der Waals surface area (Å²) in [6, 6.07) is 20.0. The van der Waals surface area contributed by atoms with Crippen molar-refractivity contribution < 1.29 is 4.79 Å². The monoisotopic (exact) mass is 334 g/mol. The number of rotatable bonds is 7. The van der Waals surface area contributed by atoms with Gasteiger partial charge in [0.2, 0.25) is 5.91 Å². The minimum absolute atomic E-state index is 0.0730. The molecule has 1 aliphatic carbocycles. The SMILES string of the molecule is C=CCN(c1ccccc1)[C@@H](C(=O)NC1CCCC1)c1ccccc1. The van der Waals surface area contributed by atoms with E-state index in [1.54, 1.807) is 0 Å². The Hall–Kier alpha value is -2.55. The van der Waals surface area contributed by atoms with E-state index in [1.807, 2.05) is 66.7 Å². The molecule has 3 rings (SSSR count). The lowest BCUT2D eigenvalue weighted by atomic mass is 10.0. The van der Waals surface area contributed by atoms with E-state index in [-0.39, 0.29) is 11.9 Å². The molecule has 3 heteroatoms. The molecule has 1 fully saturated rings. The molecule has 1 amide bonds. The van der Waals surface area contributed by atoms with Crippen molar-refractivity contribution in [2.75, 3.05) is 11.4 Å². The van der Waals surface area contributed by atoms with Gasteiger partial charge in [-0.1, -0.05) is 67.4 Å². The van der Waals surface area contributed by atoms with E-state index in [1.165, 1.54) is 12.8 Å². The maximum atomic E-state index is 13.2. The van der Waals surface area contributed by atoms with Gasteiger partial charge in [-0.25, -0.2) is 0 Å². The summed E-state index contributed by atoms with van der Waals surface area (Å²) in [4.78, 5) is 15.3. The smallest absolute Gasteiger partial charge is 0.247 e. The number of hydrogen-bond donors (Lipinski definition) is 1. The minimum atomic E-state index is -0.359. The number of amides is 1.